The van der Waals surface area contributed by atoms with E-state index in [-0.39, 0.29) is 0 Å². The van der Waals surface area contributed by atoms with Gasteiger partial charge in [0.2, 0.25) is 5.95 Å². The third-order valence-electron chi connectivity index (χ3n) is 5.88. The van der Waals surface area contributed by atoms with E-state index in [0.717, 1.165) is 38.4 Å². The average molecular weight is 338 g/mol. The number of aromatic nitrogens is 2. The van der Waals surface area contributed by atoms with Gasteiger partial charge in [-0.2, -0.15) is 0 Å². The minimum absolute atomic E-state index is 0.326. The van der Waals surface area contributed by atoms with E-state index >= 15 is 0 Å². The van der Waals surface area contributed by atoms with Gasteiger partial charge in [0.05, 0.1) is 0 Å². The van der Waals surface area contributed by atoms with Crippen LogP contribution in [-0.4, -0.2) is 45.7 Å². The first-order chi connectivity index (χ1) is 12.1. The van der Waals surface area contributed by atoms with E-state index in [1.165, 1.54) is 5.56 Å². The fourth-order valence-electron chi connectivity index (χ4n) is 4.50. The maximum Gasteiger partial charge on any atom is 0.225 e. The van der Waals surface area contributed by atoms with Gasteiger partial charge in [0.1, 0.15) is 5.75 Å². The van der Waals surface area contributed by atoms with Crippen LogP contribution in [0.3, 0.4) is 0 Å². The van der Waals surface area contributed by atoms with E-state index in [9.17, 15) is 5.11 Å². The highest BCUT2D eigenvalue weighted by Gasteiger charge is 2.54. The number of nitrogens with zero attached hydrogens (tertiary/aromatic N) is 4. The number of likely N-dealkylation sites (tertiary alicyclic amines) is 1. The van der Waals surface area contributed by atoms with Crippen LogP contribution in [0.1, 0.15) is 38.3 Å². The summed E-state index contributed by atoms with van der Waals surface area (Å²) in [5.41, 5.74) is 1.65. The molecule has 2 aliphatic heterocycles. The molecule has 4 rings (SSSR count). The molecule has 5 heteroatoms. The summed E-state index contributed by atoms with van der Waals surface area (Å²) in [5.74, 6) is 1.18. The number of hydrogen-bond acceptors (Lipinski definition) is 5. The smallest absolute Gasteiger partial charge is 0.225 e. The normalized spacial score (nSPS) is 23.0. The van der Waals surface area contributed by atoms with E-state index in [1.807, 2.05) is 30.6 Å². The van der Waals surface area contributed by atoms with E-state index < -0.39 is 0 Å². The van der Waals surface area contributed by atoms with Gasteiger partial charge in [0, 0.05) is 49.5 Å². The Morgan fingerprint density at radius 3 is 2.32 bits per heavy atom. The summed E-state index contributed by atoms with van der Waals surface area (Å²) in [4.78, 5) is 13.7. The topological polar surface area (TPSA) is 52.5 Å². The first-order valence-corrected chi connectivity index (χ1v) is 9.16. The lowest BCUT2D eigenvalue weighted by Gasteiger charge is -2.62. The summed E-state index contributed by atoms with van der Waals surface area (Å²) in [6.45, 7) is 7.70. The van der Waals surface area contributed by atoms with Crippen LogP contribution in [0.4, 0.5) is 5.95 Å². The maximum atomic E-state index is 9.63. The number of benzene rings is 1. The second-order valence-corrected chi connectivity index (χ2v) is 7.66. The largest absolute Gasteiger partial charge is 0.508 e. The van der Waals surface area contributed by atoms with Crippen molar-refractivity contribution < 1.29 is 5.11 Å². The second-order valence-electron chi connectivity index (χ2n) is 7.66. The minimum atomic E-state index is 0.326. The molecule has 1 N–H and O–H groups in total. The van der Waals surface area contributed by atoms with Crippen LogP contribution in [0.5, 0.6) is 5.75 Å². The van der Waals surface area contributed by atoms with Gasteiger partial charge in [0.25, 0.3) is 0 Å². The molecule has 1 unspecified atom stereocenters. The van der Waals surface area contributed by atoms with Gasteiger partial charge in [-0.05, 0) is 50.5 Å². The highest BCUT2D eigenvalue weighted by atomic mass is 16.3. The fraction of sp³-hybridized carbons (Fsp3) is 0.500. The highest BCUT2D eigenvalue weighted by Crippen LogP contribution is 2.55. The van der Waals surface area contributed by atoms with Crippen LogP contribution in [0.15, 0.2) is 42.7 Å². The van der Waals surface area contributed by atoms with Gasteiger partial charge >= 0.3 is 0 Å². The van der Waals surface area contributed by atoms with E-state index in [4.69, 9.17) is 0 Å². The lowest BCUT2D eigenvalue weighted by Crippen LogP contribution is -2.63. The van der Waals surface area contributed by atoms with Crippen LogP contribution in [-0.2, 0) is 0 Å². The number of hydrogen-bond donors (Lipinski definition) is 1. The zero-order valence-electron chi connectivity index (χ0n) is 15.0. The van der Waals surface area contributed by atoms with Crippen molar-refractivity contribution >= 4 is 5.95 Å². The zero-order chi connectivity index (χ0) is 17.4. The molecule has 0 amide bonds. The number of piperidine rings is 1. The van der Waals surface area contributed by atoms with Crippen molar-refractivity contribution in [1.82, 2.24) is 14.9 Å². The first kappa shape index (κ1) is 16.3. The first-order valence-electron chi connectivity index (χ1n) is 9.16. The minimum Gasteiger partial charge on any atom is -0.508 e. The Hall–Kier alpha value is -2.14. The molecule has 2 saturated heterocycles. The molecule has 1 atom stereocenters. The van der Waals surface area contributed by atoms with Gasteiger partial charge in [0.15, 0.2) is 0 Å². The molecule has 0 aliphatic carbocycles. The maximum absolute atomic E-state index is 9.63. The molecule has 1 aromatic carbocycles. The molecular formula is C20H26N4O. The predicted molar refractivity (Wildman–Crippen MR) is 98.6 cm³/mol. The summed E-state index contributed by atoms with van der Waals surface area (Å²) in [6, 6.07) is 10.6. The molecule has 2 aliphatic rings. The molecular weight excluding hydrogens is 312 g/mol. The summed E-state index contributed by atoms with van der Waals surface area (Å²) in [7, 11) is 0. The van der Waals surface area contributed by atoms with Crippen molar-refractivity contribution in [2.45, 2.75) is 38.8 Å². The Labute approximate surface area is 149 Å². The van der Waals surface area contributed by atoms with Crippen molar-refractivity contribution in [3.63, 3.8) is 0 Å². The molecule has 25 heavy (non-hydrogen) atoms. The number of aromatic hydroxyl groups is 1. The Balaban J connectivity index is 1.54. The van der Waals surface area contributed by atoms with Gasteiger partial charge in [-0.15, -0.1) is 0 Å². The molecule has 3 heterocycles. The molecule has 132 valence electrons. The van der Waals surface area contributed by atoms with Crippen LogP contribution in [0.25, 0.3) is 0 Å². The third kappa shape index (κ3) is 2.86. The van der Waals surface area contributed by atoms with Gasteiger partial charge in [-0.25, -0.2) is 9.97 Å². The van der Waals surface area contributed by atoms with Crippen LogP contribution in [0, 0.1) is 5.41 Å². The van der Waals surface area contributed by atoms with Crippen LogP contribution >= 0.6 is 0 Å². The molecule has 0 bridgehead atoms. The molecule has 1 spiro atoms. The number of phenols is 1. The van der Waals surface area contributed by atoms with Crippen LogP contribution < -0.4 is 4.90 Å². The monoisotopic (exact) mass is 338 g/mol. The van der Waals surface area contributed by atoms with E-state index in [2.05, 4.69) is 45.7 Å². The van der Waals surface area contributed by atoms with Gasteiger partial charge in [-0.3, -0.25) is 4.90 Å². The summed E-state index contributed by atoms with van der Waals surface area (Å²) < 4.78 is 0. The van der Waals surface area contributed by atoms with E-state index in [0.29, 0.717) is 23.2 Å². The molecule has 5 nitrogen and oxygen atoms in total. The van der Waals surface area contributed by atoms with Gasteiger partial charge < -0.3 is 10.0 Å². The molecule has 0 radical (unpaired) electrons. The van der Waals surface area contributed by atoms with Crippen molar-refractivity contribution in [1.29, 1.82) is 0 Å². The highest BCUT2D eigenvalue weighted by molar-refractivity contribution is 5.35. The molecule has 1 aromatic heterocycles. The van der Waals surface area contributed by atoms with Crippen molar-refractivity contribution in [3.05, 3.63) is 48.3 Å². The SMILES string of the molecule is CC(C)N1CC2(CCN(c3ncccn3)CC2)C1c1ccc(O)cc1. The Kier molecular flexibility index (Phi) is 4.12. The van der Waals surface area contributed by atoms with E-state index in [1.54, 1.807) is 0 Å². The lowest BCUT2D eigenvalue weighted by molar-refractivity contribution is -0.111. The molecule has 2 aromatic rings. The Bertz CT molecular complexity index is 708. The van der Waals surface area contributed by atoms with Crippen molar-refractivity contribution in [2.75, 3.05) is 24.5 Å². The predicted octanol–water partition coefficient (Wildman–Crippen LogP) is 3.23. The quantitative estimate of drug-likeness (QED) is 0.931. The summed E-state index contributed by atoms with van der Waals surface area (Å²) in [5, 5.41) is 9.63. The lowest BCUT2D eigenvalue weighted by atomic mass is 9.62. The standard InChI is InChI=1S/C20H26N4O/c1-15(2)24-14-20(18(24)16-4-6-17(25)7-5-16)8-12-23(13-9-20)19-21-10-3-11-22-19/h3-7,10-11,15,18,25H,8-9,12-14H2,1-2H3. The summed E-state index contributed by atoms with van der Waals surface area (Å²) >= 11 is 0. The molecule has 2 fully saturated rings. The second kappa shape index (κ2) is 6.30. The van der Waals surface area contributed by atoms with Crippen molar-refractivity contribution in [3.8, 4) is 5.75 Å². The summed E-state index contributed by atoms with van der Waals surface area (Å²) in [6.07, 6.45) is 5.94. The number of phenolic OH excluding ortho intramolecular Hbond substituents is 1. The zero-order valence-corrected chi connectivity index (χ0v) is 15.0. The fourth-order valence-corrected chi connectivity index (χ4v) is 4.50. The Morgan fingerprint density at radius 2 is 1.72 bits per heavy atom. The van der Waals surface area contributed by atoms with Crippen LogP contribution in [0.2, 0.25) is 0 Å². The number of anilines is 1. The average Bonchev–Trinajstić information content (AvgIpc) is 2.62. The van der Waals surface area contributed by atoms with Crippen molar-refractivity contribution in [2.24, 2.45) is 5.41 Å². The third-order valence-corrected chi connectivity index (χ3v) is 5.88. The van der Waals surface area contributed by atoms with Gasteiger partial charge in [-0.1, -0.05) is 12.1 Å². The Morgan fingerprint density at radius 1 is 1.08 bits per heavy atom. The number of rotatable bonds is 3. The molecule has 0 saturated carbocycles.